The minimum atomic E-state index is 0.867. The molecule has 1 heterocycles. The first-order valence-electron chi connectivity index (χ1n) is 5.94. The zero-order valence-corrected chi connectivity index (χ0v) is 9.47. The Kier molecular flexibility index (Phi) is 4.79. The summed E-state index contributed by atoms with van der Waals surface area (Å²) in [4.78, 5) is 0. The smallest absolute Gasteiger partial charge is 0.00179 e. The minimum absolute atomic E-state index is 0.867. The van der Waals surface area contributed by atoms with E-state index in [1.165, 1.54) is 38.8 Å². The molecule has 0 aromatic carbocycles. The Labute approximate surface area is 83.3 Å². The molecule has 0 aliphatic carbocycles. The largest absolute Gasteiger partial charge is 0.316 e. The number of hydrogen-bond donors (Lipinski definition) is 1. The zero-order valence-electron chi connectivity index (χ0n) is 9.47. The lowest BCUT2D eigenvalue weighted by atomic mass is 9.80. The van der Waals surface area contributed by atoms with Crippen LogP contribution in [-0.2, 0) is 0 Å². The van der Waals surface area contributed by atoms with Gasteiger partial charge in [-0.1, -0.05) is 27.2 Å². The highest BCUT2D eigenvalue weighted by Crippen LogP contribution is 2.28. The number of piperidine rings is 1. The van der Waals surface area contributed by atoms with E-state index >= 15 is 0 Å². The van der Waals surface area contributed by atoms with Crippen molar-refractivity contribution in [3.63, 3.8) is 0 Å². The molecule has 0 aromatic heterocycles. The van der Waals surface area contributed by atoms with E-state index in [4.69, 9.17) is 0 Å². The molecule has 0 amide bonds. The molecule has 1 N–H and O–H groups in total. The predicted octanol–water partition coefficient (Wildman–Crippen LogP) is 3.06. The van der Waals surface area contributed by atoms with Crippen LogP contribution >= 0.6 is 0 Å². The first-order chi connectivity index (χ1) is 6.24. The minimum Gasteiger partial charge on any atom is -0.316 e. The van der Waals surface area contributed by atoms with Crippen molar-refractivity contribution in [3.05, 3.63) is 0 Å². The third-order valence-electron chi connectivity index (χ3n) is 3.30. The summed E-state index contributed by atoms with van der Waals surface area (Å²) in [6.45, 7) is 9.55. The summed E-state index contributed by atoms with van der Waals surface area (Å²) in [5, 5.41) is 3.52. The Morgan fingerprint density at radius 2 is 2.15 bits per heavy atom. The van der Waals surface area contributed by atoms with Crippen LogP contribution in [0.2, 0.25) is 0 Å². The van der Waals surface area contributed by atoms with Crippen LogP contribution in [-0.4, -0.2) is 13.1 Å². The molecule has 0 radical (unpaired) electrons. The van der Waals surface area contributed by atoms with Crippen LogP contribution in [0, 0.1) is 17.8 Å². The molecule has 1 saturated heterocycles. The lowest BCUT2D eigenvalue weighted by Crippen LogP contribution is -2.34. The molecule has 1 fully saturated rings. The summed E-state index contributed by atoms with van der Waals surface area (Å²) in [6, 6.07) is 0. The fourth-order valence-electron chi connectivity index (χ4n) is 2.58. The van der Waals surface area contributed by atoms with Crippen molar-refractivity contribution in [2.24, 2.45) is 17.8 Å². The van der Waals surface area contributed by atoms with E-state index in [0.29, 0.717) is 0 Å². The lowest BCUT2D eigenvalue weighted by molar-refractivity contribution is 0.225. The van der Waals surface area contributed by atoms with Crippen LogP contribution in [0.1, 0.15) is 46.5 Å². The normalized spacial score (nSPS) is 26.3. The Balaban J connectivity index is 2.34. The summed E-state index contributed by atoms with van der Waals surface area (Å²) in [5.74, 6) is 2.79. The van der Waals surface area contributed by atoms with E-state index in [-0.39, 0.29) is 0 Å². The van der Waals surface area contributed by atoms with Gasteiger partial charge >= 0.3 is 0 Å². The van der Waals surface area contributed by atoms with Crippen molar-refractivity contribution in [1.82, 2.24) is 5.32 Å². The van der Waals surface area contributed by atoms with E-state index in [1.54, 1.807) is 0 Å². The highest BCUT2D eigenvalue weighted by Gasteiger charge is 2.22. The Morgan fingerprint density at radius 1 is 1.38 bits per heavy atom. The van der Waals surface area contributed by atoms with Gasteiger partial charge < -0.3 is 5.32 Å². The van der Waals surface area contributed by atoms with Gasteiger partial charge in [0.25, 0.3) is 0 Å². The summed E-state index contributed by atoms with van der Waals surface area (Å²) >= 11 is 0. The third kappa shape index (κ3) is 3.68. The first-order valence-corrected chi connectivity index (χ1v) is 5.94. The quantitative estimate of drug-likeness (QED) is 0.706. The monoisotopic (exact) mass is 183 g/mol. The van der Waals surface area contributed by atoms with Crippen LogP contribution < -0.4 is 5.32 Å². The van der Waals surface area contributed by atoms with Crippen molar-refractivity contribution in [2.75, 3.05) is 13.1 Å². The van der Waals surface area contributed by atoms with Gasteiger partial charge in [-0.3, -0.25) is 0 Å². The fourth-order valence-corrected chi connectivity index (χ4v) is 2.58. The maximum absolute atomic E-state index is 3.52. The second-order valence-electron chi connectivity index (χ2n) is 4.90. The molecule has 1 aliphatic rings. The predicted molar refractivity (Wildman–Crippen MR) is 58.8 cm³/mol. The average molecular weight is 183 g/mol. The van der Waals surface area contributed by atoms with Gasteiger partial charge in [-0.05, 0) is 50.1 Å². The Bertz CT molecular complexity index is 125. The average Bonchev–Trinajstić information content (AvgIpc) is 2.15. The van der Waals surface area contributed by atoms with Crippen molar-refractivity contribution in [1.29, 1.82) is 0 Å². The van der Waals surface area contributed by atoms with Gasteiger partial charge in [-0.15, -0.1) is 0 Å². The van der Waals surface area contributed by atoms with Crippen LogP contribution in [0.3, 0.4) is 0 Å². The SMILES string of the molecule is CCC(CC(C)C)C1CCCNC1. The fraction of sp³-hybridized carbons (Fsp3) is 1.00. The van der Waals surface area contributed by atoms with E-state index in [9.17, 15) is 0 Å². The summed E-state index contributed by atoms with van der Waals surface area (Å²) in [5.41, 5.74) is 0. The first kappa shape index (κ1) is 11.0. The molecule has 0 saturated carbocycles. The number of nitrogens with one attached hydrogen (secondary N) is 1. The van der Waals surface area contributed by atoms with Crippen LogP contribution in [0.5, 0.6) is 0 Å². The number of rotatable bonds is 4. The summed E-state index contributed by atoms with van der Waals surface area (Å²) in [6.07, 6.45) is 5.63. The van der Waals surface area contributed by atoms with E-state index in [2.05, 4.69) is 26.1 Å². The zero-order chi connectivity index (χ0) is 9.68. The molecule has 1 aliphatic heterocycles. The molecule has 2 unspecified atom stereocenters. The summed E-state index contributed by atoms with van der Waals surface area (Å²) < 4.78 is 0. The van der Waals surface area contributed by atoms with Crippen LogP contribution in [0.4, 0.5) is 0 Å². The second-order valence-corrected chi connectivity index (χ2v) is 4.90. The van der Waals surface area contributed by atoms with E-state index in [1.807, 2.05) is 0 Å². The highest BCUT2D eigenvalue weighted by molar-refractivity contribution is 4.76. The van der Waals surface area contributed by atoms with Gasteiger partial charge in [-0.25, -0.2) is 0 Å². The molecule has 0 bridgehead atoms. The molecule has 78 valence electrons. The van der Waals surface area contributed by atoms with E-state index in [0.717, 1.165) is 17.8 Å². The van der Waals surface area contributed by atoms with Crippen molar-refractivity contribution < 1.29 is 0 Å². The van der Waals surface area contributed by atoms with Crippen molar-refractivity contribution >= 4 is 0 Å². The van der Waals surface area contributed by atoms with Gasteiger partial charge in [-0.2, -0.15) is 0 Å². The molecule has 13 heavy (non-hydrogen) atoms. The topological polar surface area (TPSA) is 12.0 Å². The molecule has 0 aromatic rings. The van der Waals surface area contributed by atoms with Crippen molar-refractivity contribution in [2.45, 2.75) is 46.5 Å². The van der Waals surface area contributed by atoms with Crippen LogP contribution in [0.25, 0.3) is 0 Å². The highest BCUT2D eigenvalue weighted by atomic mass is 14.9. The number of hydrogen-bond acceptors (Lipinski definition) is 1. The molecule has 0 spiro atoms. The van der Waals surface area contributed by atoms with E-state index < -0.39 is 0 Å². The Hall–Kier alpha value is -0.0400. The molecule has 1 nitrogen and oxygen atoms in total. The van der Waals surface area contributed by atoms with Gasteiger partial charge in [0.1, 0.15) is 0 Å². The molecular formula is C12H25N. The third-order valence-corrected chi connectivity index (χ3v) is 3.30. The van der Waals surface area contributed by atoms with Gasteiger partial charge in [0.05, 0.1) is 0 Å². The summed E-state index contributed by atoms with van der Waals surface area (Å²) in [7, 11) is 0. The molecular weight excluding hydrogens is 158 g/mol. The van der Waals surface area contributed by atoms with Crippen LogP contribution in [0.15, 0.2) is 0 Å². The van der Waals surface area contributed by atoms with Gasteiger partial charge in [0.2, 0.25) is 0 Å². The molecule has 1 rings (SSSR count). The van der Waals surface area contributed by atoms with Gasteiger partial charge in [0.15, 0.2) is 0 Å². The Morgan fingerprint density at radius 3 is 2.62 bits per heavy atom. The van der Waals surface area contributed by atoms with Gasteiger partial charge in [0, 0.05) is 0 Å². The second kappa shape index (κ2) is 5.64. The molecule has 1 heteroatoms. The van der Waals surface area contributed by atoms with Crippen molar-refractivity contribution in [3.8, 4) is 0 Å². The standard InChI is InChI=1S/C12H25N/c1-4-11(8-10(2)3)12-6-5-7-13-9-12/h10-13H,4-9H2,1-3H3. The molecule has 2 atom stereocenters. The lowest BCUT2D eigenvalue weighted by Gasteiger charge is -2.31. The maximum atomic E-state index is 3.52. The maximum Gasteiger partial charge on any atom is -0.00179 e.